The van der Waals surface area contributed by atoms with E-state index in [1.807, 2.05) is 12.1 Å². The molecule has 0 amide bonds. The Balaban J connectivity index is 1.72. The Bertz CT molecular complexity index is 685. The van der Waals surface area contributed by atoms with Crippen LogP contribution in [-0.4, -0.2) is 73.3 Å². The second kappa shape index (κ2) is 9.81. The van der Waals surface area contributed by atoms with Gasteiger partial charge < -0.3 is 25.0 Å². The van der Waals surface area contributed by atoms with Gasteiger partial charge in [0.15, 0.2) is 5.96 Å². The summed E-state index contributed by atoms with van der Waals surface area (Å²) in [5.41, 5.74) is 1.92. The number of guanidine groups is 1. The van der Waals surface area contributed by atoms with E-state index in [1.54, 1.807) is 13.2 Å². The van der Waals surface area contributed by atoms with E-state index in [4.69, 9.17) is 9.73 Å². The smallest absolute Gasteiger partial charge is 0.198 e. The highest BCUT2D eigenvalue weighted by molar-refractivity contribution is 5.95. The van der Waals surface area contributed by atoms with Gasteiger partial charge in [-0.05, 0) is 61.9 Å². The number of piperidine rings is 1. The molecule has 162 valence electrons. The maximum atomic E-state index is 10.4. The molecule has 1 aromatic carbocycles. The number of anilines is 1. The van der Waals surface area contributed by atoms with E-state index in [0.29, 0.717) is 19.2 Å². The highest BCUT2D eigenvalue weighted by atomic mass is 16.5. The van der Waals surface area contributed by atoms with Crippen molar-refractivity contribution in [3.05, 3.63) is 23.8 Å². The van der Waals surface area contributed by atoms with Crippen LogP contribution in [0.4, 0.5) is 5.69 Å². The van der Waals surface area contributed by atoms with Gasteiger partial charge in [0.25, 0.3) is 0 Å². The summed E-state index contributed by atoms with van der Waals surface area (Å²) in [6.07, 6.45) is 5.02. The molecule has 0 aliphatic carbocycles. The third-order valence-electron chi connectivity index (χ3n) is 6.09. The van der Waals surface area contributed by atoms with Crippen LogP contribution in [0.5, 0.6) is 5.75 Å². The first-order chi connectivity index (χ1) is 13.9. The minimum absolute atomic E-state index is 0.0194. The first-order valence-corrected chi connectivity index (χ1v) is 11.0. The molecule has 29 heavy (non-hydrogen) atoms. The molecule has 0 bridgehead atoms. The molecule has 6 heteroatoms. The molecule has 2 aliphatic heterocycles. The molecular weight excluding hydrogens is 364 g/mol. The molecule has 2 aliphatic rings. The molecule has 1 aromatic rings. The van der Waals surface area contributed by atoms with Gasteiger partial charge in [-0.25, -0.2) is 0 Å². The number of benzene rings is 1. The van der Waals surface area contributed by atoms with Gasteiger partial charge in [0.2, 0.25) is 0 Å². The Labute approximate surface area is 175 Å². The minimum atomic E-state index is 0.0194. The number of rotatable bonds is 5. The molecular formula is C23H38N4O2. The van der Waals surface area contributed by atoms with E-state index < -0.39 is 0 Å². The highest BCUT2D eigenvalue weighted by Crippen LogP contribution is 2.31. The van der Waals surface area contributed by atoms with Crippen molar-refractivity contribution in [2.45, 2.75) is 57.9 Å². The number of phenols is 1. The number of hydrogen-bond acceptors (Lipinski definition) is 4. The lowest BCUT2D eigenvalue weighted by atomic mass is 9.87. The van der Waals surface area contributed by atoms with Gasteiger partial charge in [-0.2, -0.15) is 0 Å². The van der Waals surface area contributed by atoms with E-state index in [1.165, 1.54) is 44.3 Å². The van der Waals surface area contributed by atoms with E-state index in [2.05, 4.69) is 35.9 Å². The fraction of sp³-hybridized carbons (Fsp3) is 0.696. The number of aromatic hydroxyl groups is 1. The minimum Gasteiger partial charge on any atom is -0.506 e. The summed E-state index contributed by atoms with van der Waals surface area (Å²) in [6, 6.07) is 6.50. The molecule has 0 aromatic heterocycles. The molecule has 2 heterocycles. The Morgan fingerprint density at radius 1 is 1.17 bits per heavy atom. The van der Waals surface area contributed by atoms with Crippen molar-refractivity contribution >= 4 is 11.6 Å². The zero-order chi connectivity index (χ0) is 20.9. The number of methoxy groups -OCH3 is 1. The number of likely N-dealkylation sites (tertiary alicyclic amines) is 2. The van der Waals surface area contributed by atoms with E-state index in [9.17, 15) is 5.11 Å². The number of nitrogens with zero attached hydrogens (tertiary/aromatic N) is 3. The summed E-state index contributed by atoms with van der Waals surface area (Å²) < 4.78 is 5.19. The average Bonchev–Trinajstić information content (AvgIpc) is 3.23. The average molecular weight is 403 g/mol. The maximum absolute atomic E-state index is 10.4. The van der Waals surface area contributed by atoms with Gasteiger partial charge in [-0.3, -0.25) is 4.99 Å². The van der Waals surface area contributed by atoms with E-state index in [0.717, 1.165) is 24.7 Å². The van der Waals surface area contributed by atoms with Crippen LogP contribution in [-0.2, 0) is 10.2 Å². The molecule has 0 spiro atoms. The van der Waals surface area contributed by atoms with Crippen molar-refractivity contribution in [3.63, 3.8) is 0 Å². The first kappa shape index (κ1) is 21.9. The van der Waals surface area contributed by atoms with E-state index in [-0.39, 0.29) is 11.2 Å². The second-order valence-corrected chi connectivity index (χ2v) is 9.27. The zero-order valence-electron chi connectivity index (χ0n) is 18.6. The maximum Gasteiger partial charge on any atom is 0.198 e. The molecule has 2 fully saturated rings. The van der Waals surface area contributed by atoms with E-state index >= 15 is 0 Å². The third kappa shape index (κ3) is 5.86. The predicted molar refractivity (Wildman–Crippen MR) is 120 cm³/mol. The molecule has 0 atom stereocenters. The van der Waals surface area contributed by atoms with Crippen molar-refractivity contribution in [1.29, 1.82) is 0 Å². The fourth-order valence-corrected chi connectivity index (χ4v) is 4.23. The monoisotopic (exact) mass is 402 g/mol. The predicted octanol–water partition coefficient (Wildman–Crippen LogP) is 3.66. The molecule has 2 N–H and O–H groups in total. The second-order valence-electron chi connectivity index (χ2n) is 9.27. The van der Waals surface area contributed by atoms with Gasteiger partial charge in [-0.15, -0.1) is 0 Å². The first-order valence-electron chi connectivity index (χ1n) is 11.0. The highest BCUT2D eigenvalue weighted by Gasteiger charge is 2.28. The SMILES string of the molecule is COCCN=C(Nc1cc(C(C)(C)C)ccc1O)N1CCC(N2CCCC2)CC1. The number of phenolic OH excluding ortho intramolecular Hbond substituents is 1. The van der Waals surface area contributed by atoms with Crippen LogP contribution in [0.25, 0.3) is 0 Å². The molecule has 0 unspecified atom stereocenters. The Morgan fingerprint density at radius 2 is 1.86 bits per heavy atom. The molecule has 2 saturated heterocycles. The van der Waals surface area contributed by atoms with Gasteiger partial charge in [-0.1, -0.05) is 26.8 Å². The number of hydrogen-bond donors (Lipinski definition) is 2. The van der Waals surface area contributed by atoms with Crippen LogP contribution in [0.3, 0.4) is 0 Å². The third-order valence-corrected chi connectivity index (χ3v) is 6.09. The summed E-state index contributed by atoms with van der Waals surface area (Å²) in [5.74, 6) is 1.09. The zero-order valence-corrected chi connectivity index (χ0v) is 18.6. The fourth-order valence-electron chi connectivity index (χ4n) is 4.23. The van der Waals surface area contributed by atoms with Gasteiger partial charge in [0.05, 0.1) is 18.8 Å². The normalized spacial score (nSPS) is 19.7. The summed E-state index contributed by atoms with van der Waals surface area (Å²) in [6.45, 7) is 12.2. The summed E-state index contributed by atoms with van der Waals surface area (Å²) >= 11 is 0. The number of nitrogens with one attached hydrogen (secondary N) is 1. The van der Waals surface area contributed by atoms with Crippen molar-refractivity contribution in [2.75, 3.05) is 51.8 Å². The lowest BCUT2D eigenvalue weighted by Crippen LogP contribution is -2.48. The van der Waals surface area contributed by atoms with Crippen LogP contribution in [0.1, 0.15) is 52.0 Å². The van der Waals surface area contributed by atoms with Gasteiger partial charge in [0.1, 0.15) is 5.75 Å². The Morgan fingerprint density at radius 3 is 2.48 bits per heavy atom. The lowest BCUT2D eigenvalue weighted by Gasteiger charge is -2.38. The lowest BCUT2D eigenvalue weighted by molar-refractivity contribution is 0.163. The quantitative estimate of drug-likeness (QED) is 0.341. The van der Waals surface area contributed by atoms with Crippen LogP contribution < -0.4 is 5.32 Å². The van der Waals surface area contributed by atoms with Crippen LogP contribution in [0.15, 0.2) is 23.2 Å². The van der Waals surface area contributed by atoms with Crippen LogP contribution >= 0.6 is 0 Å². The van der Waals surface area contributed by atoms with Crippen LogP contribution in [0.2, 0.25) is 0 Å². The molecule has 0 saturated carbocycles. The molecule has 6 nitrogen and oxygen atoms in total. The topological polar surface area (TPSA) is 60.3 Å². The standard InChI is InChI=1S/C23H38N4O2/c1-23(2,3)18-7-8-21(28)20(17-18)25-22(24-11-16-29-4)27-14-9-19(10-15-27)26-12-5-6-13-26/h7-8,17,19,28H,5-6,9-16H2,1-4H3,(H,24,25). The van der Waals surface area contributed by atoms with Crippen molar-refractivity contribution in [1.82, 2.24) is 9.80 Å². The van der Waals surface area contributed by atoms with Crippen molar-refractivity contribution in [3.8, 4) is 5.75 Å². The summed E-state index contributed by atoms with van der Waals surface area (Å²) in [7, 11) is 1.70. The van der Waals surface area contributed by atoms with Gasteiger partial charge in [0, 0.05) is 26.2 Å². The molecule has 3 rings (SSSR count). The largest absolute Gasteiger partial charge is 0.506 e. The molecule has 0 radical (unpaired) electrons. The summed E-state index contributed by atoms with van der Waals surface area (Å²) in [4.78, 5) is 9.75. The van der Waals surface area contributed by atoms with Gasteiger partial charge >= 0.3 is 0 Å². The number of aliphatic imine (C=N–C) groups is 1. The van der Waals surface area contributed by atoms with Crippen molar-refractivity contribution < 1.29 is 9.84 Å². The summed E-state index contributed by atoms with van der Waals surface area (Å²) in [5, 5.41) is 13.9. The van der Waals surface area contributed by atoms with Crippen LogP contribution in [0, 0.1) is 0 Å². The number of ether oxygens (including phenoxy) is 1. The Kier molecular flexibility index (Phi) is 7.41. The van der Waals surface area contributed by atoms with Crippen molar-refractivity contribution in [2.24, 2.45) is 4.99 Å². The Hall–Kier alpha value is -1.79.